The van der Waals surface area contributed by atoms with Crippen molar-refractivity contribution in [3.8, 4) is 0 Å². The largest absolute Gasteiger partial charge is 0.388 e. The zero-order chi connectivity index (χ0) is 10.8. The maximum atomic E-state index is 10.1. The Morgan fingerprint density at radius 2 is 2.13 bits per heavy atom. The van der Waals surface area contributed by atoms with Gasteiger partial charge in [0.15, 0.2) is 0 Å². The molecule has 2 fully saturated rings. The van der Waals surface area contributed by atoms with E-state index in [1.54, 1.807) is 14.2 Å². The van der Waals surface area contributed by atoms with E-state index in [2.05, 4.69) is 4.90 Å². The van der Waals surface area contributed by atoms with Crippen LogP contribution < -0.4 is 0 Å². The van der Waals surface area contributed by atoms with Crippen LogP contribution in [0.15, 0.2) is 0 Å². The van der Waals surface area contributed by atoms with Crippen LogP contribution in [0.1, 0.15) is 0 Å². The van der Waals surface area contributed by atoms with Gasteiger partial charge in [-0.05, 0) is 0 Å². The molecule has 2 aliphatic heterocycles. The minimum Gasteiger partial charge on any atom is -0.388 e. The summed E-state index contributed by atoms with van der Waals surface area (Å²) < 4.78 is 10.7. The number of aliphatic hydroxyl groups is 1. The van der Waals surface area contributed by atoms with Gasteiger partial charge in [-0.15, -0.1) is 0 Å². The van der Waals surface area contributed by atoms with Crippen LogP contribution in [-0.4, -0.2) is 73.2 Å². The lowest BCUT2D eigenvalue weighted by Crippen LogP contribution is -2.64. The van der Waals surface area contributed by atoms with Crippen LogP contribution >= 0.6 is 11.8 Å². The van der Waals surface area contributed by atoms with Crippen molar-refractivity contribution < 1.29 is 14.6 Å². The average Bonchev–Trinajstić information content (AvgIpc) is 2.28. The van der Waals surface area contributed by atoms with Crippen LogP contribution in [0.25, 0.3) is 0 Å². The van der Waals surface area contributed by atoms with Gasteiger partial charge in [-0.1, -0.05) is 0 Å². The first-order chi connectivity index (χ1) is 7.27. The zero-order valence-electron chi connectivity index (χ0n) is 9.26. The van der Waals surface area contributed by atoms with Crippen LogP contribution in [0.4, 0.5) is 0 Å². The van der Waals surface area contributed by atoms with Gasteiger partial charge < -0.3 is 14.6 Å². The summed E-state index contributed by atoms with van der Waals surface area (Å²) >= 11 is 1.94. The topological polar surface area (TPSA) is 41.9 Å². The van der Waals surface area contributed by atoms with Gasteiger partial charge in [-0.2, -0.15) is 11.8 Å². The molecule has 2 heterocycles. The molecule has 0 aliphatic carbocycles. The van der Waals surface area contributed by atoms with Crippen molar-refractivity contribution in [2.45, 2.75) is 24.4 Å². The molecule has 0 amide bonds. The van der Waals surface area contributed by atoms with Crippen molar-refractivity contribution in [3.63, 3.8) is 0 Å². The molecule has 0 aromatic rings. The number of fused-ring (bicyclic) bond motifs is 1. The van der Waals surface area contributed by atoms with E-state index in [0.29, 0.717) is 6.04 Å². The Hall–Kier alpha value is 0.190. The Labute approximate surface area is 94.9 Å². The Balaban J connectivity index is 2.10. The predicted molar refractivity (Wildman–Crippen MR) is 60.3 cm³/mol. The van der Waals surface area contributed by atoms with E-state index in [1.807, 2.05) is 11.8 Å². The highest BCUT2D eigenvalue weighted by Gasteiger charge is 2.44. The number of methoxy groups -OCH3 is 2. The molecular formula is C10H19NO3S. The molecule has 0 spiro atoms. The van der Waals surface area contributed by atoms with Crippen molar-refractivity contribution in [3.05, 3.63) is 0 Å². The van der Waals surface area contributed by atoms with Gasteiger partial charge in [0.2, 0.25) is 0 Å². The Morgan fingerprint density at radius 3 is 2.80 bits per heavy atom. The molecule has 0 aromatic carbocycles. The van der Waals surface area contributed by atoms with Crippen LogP contribution in [0.2, 0.25) is 0 Å². The summed E-state index contributed by atoms with van der Waals surface area (Å²) in [6.07, 6.45) is -0.731. The van der Waals surface area contributed by atoms with Crippen molar-refractivity contribution >= 4 is 11.8 Å². The molecule has 4 nitrogen and oxygen atoms in total. The van der Waals surface area contributed by atoms with Gasteiger partial charge >= 0.3 is 0 Å². The molecule has 88 valence electrons. The molecule has 1 N–H and O–H groups in total. The lowest BCUT2D eigenvalue weighted by Gasteiger charge is -2.48. The number of thioether (sulfide) groups is 1. The molecule has 2 saturated heterocycles. The van der Waals surface area contributed by atoms with E-state index < -0.39 is 6.10 Å². The molecule has 0 saturated carbocycles. The molecule has 0 radical (unpaired) electrons. The molecular weight excluding hydrogens is 214 g/mol. The molecule has 0 unspecified atom stereocenters. The highest BCUT2D eigenvalue weighted by molar-refractivity contribution is 7.99. The monoisotopic (exact) mass is 233 g/mol. The summed E-state index contributed by atoms with van der Waals surface area (Å²) in [5.74, 6) is 2.21. The van der Waals surface area contributed by atoms with E-state index in [1.165, 1.54) is 5.75 Å². The predicted octanol–water partition coefficient (Wildman–Crippen LogP) is -0.192. The number of rotatable bonds is 2. The average molecular weight is 233 g/mol. The quantitative estimate of drug-likeness (QED) is 0.716. The Bertz CT molecular complexity index is 217. The first-order valence-electron chi connectivity index (χ1n) is 5.33. The lowest BCUT2D eigenvalue weighted by molar-refractivity contribution is -0.153. The third kappa shape index (κ3) is 2.17. The second kappa shape index (κ2) is 5.01. The summed E-state index contributed by atoms with van der Waals surface area (Å²) in [4.78, 5) is 2.38. The molecule has 4 atom stereocenters. The lowest BCUT2D eigenvalue weighted by atomic mass is 9.94. The van der Waals surface area contributed by atoms with Crippen LogP contribution in [-0.2, 0) is 9.47 Å². The van der Waals surface area contributed by atoms with E-state index in [0.717, 1.165) is 18.8 Å². The fraction of sp³-hybridized carbons (Fsp3) is 1.00. The first kappa shape index (κ1) is 11.7. The maximum absolute atomic E-state index is 10.1. The minimum atomic E-state index is -0.500. The fourth-order valence-corrected chi connectivity index (χ4v) is 3.65. The fourth-order valence-electron chi connectivity index (χ4n) is 2.48. The van der Waals surface area contributed by atoms with Gasteiger partial charge in [-0.25, -0.2) is 0 Å². The van der Waals surface area contributed by atoms with E-state index >= 15 is 0 Å². The normalized spacial score (nSPS) is 42.6. The van der Waals surface area contributed by atoms with Gasteiger partial charge in [0.05, 0.1) is 6.10 Å². The summed E-state index contributed by atoms with van der Waals surface area (Å²) in [6, 6.07) is 0.343. The van der Waals surface area contributed by atoms with Gasteiger partial charge in [-0.3, -0.25) is 4.90 Å². The highest BCUT2D eigenvalue weighted by atomic mass is 32.2. The molecule has 0 bridgehead atoms. The molecule has 15 heavy (non-hydrogen) atoms. The zero-order valence-corrected chi connectivity index (χ0v) is 10.1. The van der Waals surface area contributed by atoms with E-state index in [9.17, 15) is 5.11 Å². The third-order valence-electron chi connectivity index (χ3n) is 3.37. The number of ether oxygens (including phenoxy) is 2. The number of nitrogens with zero attached hydrogens (tertiary/aromatic N) is 1. The van der Waals surface area contributed by atoms with Crippen LogP contribution in [0.5, 0.6) is 0 Å². The molecule has 0 aromatic heterocycles. The van der Waals surface area contributed by atoms with Crippen molar-refractivity contribution in [2.75, 3.05) is 38.8 Å². The van der Waals surface area contributed by atoms with Gasteiger partial charge in [0, 0.05) is 44.9 Å². The van der Waals surface area contributed by atoms with Gasteiger partial charge in [0.1, 0.15) is 12.2 Å². The van der Waals surface area contributed by atoms with Crippen LogP contribution in [0.3, 0.4) is 0 Å². The molecule has 5 heteroatoms. The summed E-state index contributed by atoms with van der Waals surface area (Å²) in [5, 5.41) is 10.1. The Morgan fingerprint density at radius 1 is 1.33 bits per heavy atom. The smallest absolute Gasteiger partial charge is 0.109 e. The molecule has 2 aliphatic rings. The first-order valence-corrected chi connectivity index (χ1v) is 6.49. The van der Waals surface area contributed by atoms with E-state index in [4.69, 9.17) is 9.47 Å². The number of piperidine rings is 1. The van der Waals surface area contributed by atoms with E-state index in [-0.39, 0.29) is 12.2 Å². The second-order valence-corrected chi connectivity index (χ2v) is 5.25. The highest BCUT2D eigenvalue weighted by Crippen LogP contribution is 2.28. The van der Waals surface area contributed by atoms with Crippen molar-refractivity contribution in [1.82, 2.24) is 4.90 Å². The molecule has 2 rings (SSSR count). The van der Waals surface area contributed by atoms with Crippen molar-refractivity contribution in [2.24, 2.45) is 0 Å². The maximum Gasteiger partial charge on any atom is 0.109 e. The SMILES string of the molecule is CO[C@H]1[C@H](O)[C@@H](OC)CN2CCSC[C@H]12. The summed E-state index contributed by atoms with van der Waals surface area (Å²) in [5.41, 5.74) is 0. The second-order valence-electron chi connectivity index (χ2n) is 4.10. The standard InChI is InChI=1S/C10H19NO3S/c1-13-8-5-11-3-4-15-6-7(11)10(14-2)9(8)12/h7-10,12H,3-6H2,1-2H3/t7-,8+,9-,10-/m1/s1. The Kier molecular flexibility index (Phi) is 3.90. The van der Waals surface area contributed by atoms with Crippen LogP contribution in [0, 0.1) is 0 Å². The number of hydrogen-bond donors (Lipinski definition) is 1. The summed E-state index contributed by atoms with van der Waals surface area (Å²) in [7, 11) is 3.32. The third-order valence-corrected chi connectivity index (χ3v) is 4.42. The van der Waals surface area contributed by atoms with Gasteiger partial charge in [0.25, 0.3) is 0 Å². The summed E-state index contributed by atoms with van der Waals surface area (Å²) in [6.45, 7) is 1.89. The number of hydrogen-bond acceptors (Lipinski definition) is 5. The minimum absolute atomic E-state index is 0.114. The number of aliphatic hydroxyl groups excluding tert-OH is 1. The van der Waals surface area contributed by atoms with Crippen molar-refractivity contribution in [1.29, 1.82) is 0 Å².